The number of hydrogen-bond acceptors (Lipinski definition) is 4. The van der Waals surface area contributed by atoms with Gasteiger partial charge in [-0.2, -0.15) is 0 Å². The second-order valence-electron chi connectivity index (χ2n) is 3.91. The highest BCUT2D eigenvalue weighted by Gasteiger charge is 2.26. The summed E-state index contributed by atoms with van der Waals surface area (Å²) in [5.41, 5.74) is 8.06. The van der Waals surface area contributed by atoms with Gasteiger partial charge in [-0.1, -0.05) is 5.11 Å². The molecule has 1 aliphatic heterocycles. The number of unbranched alkanes of at least 4 members (excludes halogenated alkanes) is 1. The Labute approximate surface area is 101 Å². The summed E-state index contributed by atoms with van der Waals surface area (Å²) < 4.78 is 31.4. The second kappa shape index (κ2) is 7.50. The van der Waals surface area contributed by atoms with Gasteiger partial charge in [0.25, 0.3) is 0 Å². The summed E-state index contributed by atoms with van der Waals surface area (Å²) in [6.45, 7) is 1.85. The van der Waals surface area contributed by atoms with Crippen molar-refractivity contribution in [3.05, 3.63) is 10.4 Å². The van der Waals surface area contributed by atoms with Gasteiger partial charge >= 0.3 is 0 Å². The van der Waals surface area contributed by atoms with Gasteiger partial charge in [0.05, 0.1) is 5.25 Å². The molecule has 0 aromatic heterocycles. The SMILES string of the molecule is [N-]=[N+]=NCCCCNS(=O)(=O)C1CCOCC1. The number of rotatable bonds is 7. The average molecular weight is 262 g/mol. The van der Waals surface area contributed by atoms with E-state index >= 15 is 0 Å². The third-order valence-corrected chi connectivity index (χ3v) is 4.61. The summed E-state index contributed by atoms with van der Waals surface area (Å²) in [6.07, 6.45) is 2.50. The Balaban J connectivity index is 2.22. The van der Waals surface area contributed by atoms with Crippen LogP contribution in [0.2, 0.25) is 0 Å². The van der Waals surface area contributed by atoms with Gasteiger partial charge in [0.2, 0.25) is 10.0 Å². The Bertz CT molecular complexity index is 358. The van der Waals surface area contributed by atoms with Gasteiger partial charge in [0, 0.05) is 31.2 Å². The molecule has 0 atom stereocenters. The standard InChI is InChI=1S/C9H18N4O3S/c10-13-11-5-1-2-6-12-17(14,15)9-3-7-16-8-4-9/h9,12H,1-8H2. The van der Waals surface area contributed by atoms with E-state index in [0.29, 0.717) is 52.0 Å². The molecule has 1 heterocycles. The number of nitrogens with zero attached hydrogens (tertiary/aromatic N) is 3. The number of nitrogens with one attached hydrogen (secondary N) is 1. The molecule has 1 rings (SSSR count). The van der Waals surface area contributed by atoms with Gasteiger partial charge in [0.15, 0.2) is 0 Å². The molecule has 1 N–H and O–H groups in total. The molecule has 0 spiro atoms. The zero-order chi connectivity index (χ0) is 12.6. The first-order chi connectivity index (χ1) is 8.17. The highest BCUT2D eigenvalue weighted by Crippen LogP contribution is 2.14. The van der Waals surface area contributed by atoms with E-state index in [1.807, 2.05) is 0 Å². The Morgan fingerprint density at radius 1 is 1.35 bits per heavy atom. The quantitative estimate of drug-likeness (QED) is 0.322. The van der Waals surface area contributed by atoms with Crippen LogP contribution in [0.4, 0.5) is 0 Å². The Morgan fingerprint density at radius 3 is 2.71 bits per heavy atom. The summed E-state index contributed by atoms with van der Waals surface area (Å²) in [7, 11) is -3.21. The molecule has 98 valence electrons. The van der Waals surface area contributed by atoms with Crippen LogP contribution in [0.1, 0.15) is 25.7 Å². The van der Waals surface area contributed by atoms with Gasteiger partial charge in [-0.25, -0.2) is 13.1 Å². The molecule has 1 aliphatic rings. The van der Waals surface area contributed by atoms with Gasteiger partial charge in [-0.05, 0) is 31.2 Å². The normalized spacial score (nSPS) is 17.6. The van der Waals surface area contributed by atoms with E-state index in [1.165, 1.54) is 0 Å². The first-order valence-corrected chi connectivity index (χ1v) is 7.28. The molecule has 17 heavy (non-hydrogen) atoms. The molecule has 1 saturated heterocycles. The van der Waals surface area contributed by atoms with Crippen LogP contribution in [-0.4, -0.2) is 40.0 Å². The minimum absolute atomic E-state index is 0.326. The van der Waals surface area contributed by atoms with E-state index in [9.17, 15) is 8.42 Å². The molecule has 0 bridgehead atoms. The van der Waals surface area contributed by atoms with Crippen LogP contribution in [0.15, 0.2) is 5.11 Å². The number of azide groups is 1. The molecule has 8 heteroatoms. The summed E-state index contributed by atoms with van der Waals surface area (Å²) >= 11 is 0. The van der Waals surface area contributed by atoms with Crippen LogP contribution in [0.5, 0.6) is 0 Å². The van der Waals surface area contributed by atoms with Crippen LogP contribution in [0.3, 0.4) is 0 Å². The van der Waals surface area contributed by atoms with E-state index in [0.717, 1.165) is 0 Å². The highest BCUT2D eigenvalue weighted by molar-refractivity contribution is 7.90. The van der Waals surface area contributed by atoms with E-state index in [1.54, 1.807) is 0 Å². The largest absolute Gasteiger partial charge is 0.381 e. The molecule has 0 aromatic carbocycles. The monoisotopic (exact) mass is 262 g/mol. The van der Waals surface area contributed by atoms with E-state index < -0.39 is 10.0 Å². The van der Waals surface area contributed by atoms with E-state index in [-0.39, 0.29) is 5.25 Å². The highest BCUT2D eigenvalue weighted by atomic mass is 32.2. The third-order valence-electron chi connectivity index (χ3n) is 2.66. The van der Waals surface area contributed by atoms with Crippen molar-refractivity contribution in [3.63, 3.8) is 0 Å². The first-order valence-electron chi connectivity index (χ1n) is 5.74. The van der Waals surface area contributed by atoms with Crippen LogP contribution < -0.4 is 4.72 Å². The lowest BCUT2D eigenvalue weighted by Crippen LogP contribution is -2.38. The maximum Gasteiger partial charge on any atom is 0.214 e. The van der Waals surface area contributed by atoms with Crippen molar-refractivity contribution < 1.29 is 13.2 Å². The van der Waals surface area contributed by atoms with Crippen molar-refractivity contribution >= 4 is 10.0 Å². The molecular formula is C9H18N4O3S. The predicted octanol–water partition coefficient (Wildman–Crippen LogP) is 1.18. The third kappa shape index (κ3) is 5.36. The van der Waals surface area contributed by atoms with Gasteiger partial charge in [0.1, 0.15) is 0 Å². The van der Waals surface area contributed by atoms with E-state index in [2.05, 4.69) is 14.7 Å². The van der Waals surface area contributed by atoms with Gasteiger partial charge in [-0.3, -0.25) is 0 Å². The lowest BCUT2D eigenvalue weighted by molar-refractivity contribution is 0.0981. The summed E-state index contributed by atoms with van der Waals surface area (Å²) in [4.78, 5) is 2.63. The maximum atomic E-state index is 11.8. The Kier molecular flexibility index (Phi) is 6.28. The van der Waals surface area contributed by atoms with Crippen molar-refractivity contribution in [2.24, 2.45) is 5.11 Å². The van der Waals surface area contributed by atoms with Crippen LogP contribution in [0.25, 0.3) is 10.4 Å². The molecule has 0 aromatic rings. The fraction of sp³-hybridized carbons (Fsp3) is 1.00. The van der Waals surface area contributed by atoms with Gasteiger partial charge in [-0.15, -0.1) is 0 Å². The fourth-order valence-corrected chi connectivity index (χ4v) is 3.15. The lowest BCUT2D eigenvalue weighted by atomic mass is 10.2. The van der Waals surface area contributed by atoms with Crippen molar-refractivity contribution in [2.75, 3.05) is 26.3 Å². The van der Waals surface area contributed by atoms with Crippen LogP contribution >= 0.6 is 0 Å². The summed E-state index contributed by atoms with van der Waals surface area (Å²) in [5.74, 6) is 0. The fourth-order valence-electron chi connectivity index (χ4n) is 1.67. The Hall–Kier alpha value is -0.820. The number of ether oxygens (including phenoxy) is 1. The van der Waals surface area contributed by atoms with Crippen molar-refractivity contribution in [3.8, 4) is 0 Å². The molecule has 0 amide bonds. The second-order valence-corrected chi connectivity index (χ2v) is 5.96. The van der Waals surface area contributed by atoms with Crippen LogP contribution in [-0.2, 0) is 14.8 Å². The molecule has 7 nitrogen and oxygen atoms in total. The predicted molar refractivity (Wildman–Crippen MR) is 64.0 cm³/mol. The van der Waals surface area contributed by atoms with Crippen molar-refractivity contribution in [1.82, 2.24) is 4.72 Å². The minimum atomic E-state index is -3.21. The number of sulfonamides is 1. The smallest absolute Gasteiger partial charge is 0.214 e. The van der Waals surface area contributed by atoms with Crippen molar-refractivity contribution in [2.45, 2.75) is 30.9 Å². The van der Waals surface area contributed by atoms with E-state index in [4.69, 9.17) is 10.3 Å². The number of hydrogen-bond donors (Lipinski definition) is 1. The maximum absolute atomic E-state index is 11.8. The summed E-state index contributed by atoms with van der Waals surface area (Å²) in [5, 5.41) is 3.06. The minimum Gasteiger partial charge on any atom is -0.381 e. The zero-order valence-electron chi connectivity index (χ0n) is 9.71. The topological polar surface area (TPSA) is 104 Å². The molecule has 0 radical (unpaired) electrons. The molecule has 0 aliphatic carbocycles. The lowest BCUT2D eigenvalue weighted by Gasteiger charge is -2.22. The first kappa shape index (κ1) is 14.2. The molecular weight excluding hydrogens is 244 g/mol. The van der Waals surface area contributed by atoms with Gasteiger partial charge < -0.3 is 4.74 Å². The molecule has 0 saturated carbocycles. The molecule has 0 unspecified atom stereocenters. The molecule has 1 fully saturated rings. The zero-order valence-corrected chi connectivity index (χ0v) is 10.5. The summed E-state index contributed by atoms with van der Waals surface area (Å²) in [6, 6.07) is 0. The Morgan fingerprint density at radius 2 is 2.06 bits per heavy atom. The van der Waals surface area contributed by atoms with Crippen molar-refractivity contribution in [1.29, 1.82) is 0 Å². The average Bonchev–Trinajstić information content (AvgIpc) is 2.35. The van der Waals surface area contributed by atoms with Crippen LogP contribution in [0, 0.1) is 0 Å².